The summed E-state index contributed by atoms with van der Waals surface area (Å²) < 4.78 is 5.83. The van der Waals surface area contributed by atoms with Crippen LogP contribution in [-0.4, -0.2) is 18.5 Å². The second-order valence-electron chi connectivity index (χ2n) is 8.59. The highest BCUT2D eigenvalue weighted by atomic mass is 16.5. The van der Waals surface area contributed by atoms with Gasteiger partial charge >= 0.3 is 0 Å². The lowest BCUT2D eigenvalue weighted by molar-refractivity contribution is 0.292. The van der Waals surface area contributed by atoms with Gasteiger partial charge in [-0.2, -0.15) is 0 Å². The molecule has 1 aliphatic rings. The first-order valence-electron chi connectivity index (χ1n) is 10.0. The average Bonchev–Trinajstić information content (AvgIpc) is 3.02. The van der Waals surface area contributed by atoms with Crippen molar-refractivity contribution in [3.63, 3.8) is 0 Å². The van der Waals surface area contributed by atoms with Crippen molar-refractivity contribution in [2.75, 3.05) is 11.9 Å². The number of allylic oxidation sites excluding steroid dienone is 1. The van der Waals surface area contributed by atoms with E-state index >= 15 is 0 Å². The summed E-state index contributed by atoms with van der Waals surface area (Å²) >= 11 is 0. The second kappa shape index (κ2) is 8.75. The standard InChI is InChI=1S/C23H36N2O/c1-14(2)18-10-9-11-19(15(3)4)23(18)25-20(16(5)6)12-22-24-21(13-26-22)17(7)8/h9-12,14-17,21,25H,13H2,1-8H3/t21-/m1/s1. The molecule has 0 amide bonds. The molecule has 1 N–H and O–H groups in total. The number of aliphatic imine (C=N–C) groups is 1. The van der Waals surface area contributed by atoms with E-state index in [2.05, 4.69) is 85.0 Å². The maximum Gasteiger partial charge on any atom is 0.210 e. The summed E-state index contributed by atoms with van der Waals surface area (Å²) in [4.78, 5) is 4.74. The molecule has 1 aliphatic heterocycles. The van der Waals surface area contributed by atoms with Crippen molar-refractivity contribution in [1.29, 1.82) is 0 Å². The molecule has 2 rings (SSSR count). The zero-order chi connectivity index (χ0) is 19.4. The molecule has 1 aromatic carbocycles. The summed E-state index contributed by atoms with van der Waals surface area (Å²) in [5.74, 6) is 2.56. The minimum Gasteiger partial charge on any atom is -0.476 e. The lowest BCUT2D eigenvalue weighted by atomic mass is 9.92. The van der Waals surface area contributed by atoms with Gasteiger partial charge in [0.2, 0.25) is 5.90 Å². The minimum absolute atomic E-state index is 0.267. The Kier molecular flexibility index (Phi) is 6.91. The highest BCUT2D eigenvalue weighted by Gasteiger charge is 2.22. The fourth-order valence-electron chi connectivity index (χ4n) is 3.15. The molecule has 0 aromatic heterocycles. The van der Waals surface area contributed by atoms with E-state index < -0.39 is 0 Å². The highest BCUT2D eigenvalue weighted by molar-refractivity contribution is 5.90. The van der Waals surface area contributed by atoms with Crippen molar-refractivity contribution >= 4 is 11.6 Å². The van der Waals surface area contributed by atoms with Crippen LogP contribution in [0.5, 0.6) is 0 Å². The number of rotatable bonds is 7. The van der Waals surface area contributed by atoms with E-state index in [4.69, 9.17) is 9.73 Å². The summed E-state index contributed by atoms with van der Waals surface area (Å²) in [6.07, 6.45) is 2.09. The first-order valence-corrected chi connectivity index (χ1v) is 10.0. The van der Waals surface area contributed by atoms with E-state index in [1.54, 1.807) is 0 Å². The summed E-state index contributed by atoms with van der Waals surface area (Å²) in [6.45, 7) is 18.5. The van der Waals surface area contributed by atoms with Crippen molar-refractivity contribution in [3.8, 4) is 0 Å². The van der Waals surface area contributed by atoms with Gasteiger partial charge in [0.15, 0.2) is 0 Å². The predicted molar refractivity (Wildman–Crippen MR) is 113 cm³/mol. The fraction of sp³-hybridized carbons (Fsp3) is 0.609. The van der Waals surface area contributed by atoms with Crippen LogP contribution in [0, 0.1) is 11.8 Å². The van der Waals surface area contributed by atoms with Gasteiger partial charge in [0.05, 0.1) is 6.04 Å². The number of ether oxygens (including phenoxy) is 1. The van der Waals surface area contributed by atoms with Gasteiger partial charge in [-0.05, 0) is 34.8 Å². The Labute approximate surface area is 159 Å². The highest BCUT2D eigenvalue weighted by Crippen LogP contribution is 2.34. The number of benzene rings is 1. The van der Waals surface area contributed by atoms with E-state index in [1.807, 2.05) is 0 Å². The molecule has 1 aromatic rings. The minimum atomic E-state index is 0.267. The van der Waals surface area contributed by atoms with E-state index in [0.717, 1.165) is 11.6 Å². The van der Waals surface area contributed by atoms with Crippen LogP contribution in [-0.2, 0) is 4.74 Å². The maximum atomic E-state index is 5.83. The van der Waals surface area contributed by atoms with Crippen LogP contribution in [0.1, 0.15) is 78.4 Å². The third-order valence-electron chi connectivity index (χ3n) is 5.01. The van der Waals surface area contributed by atoms with Crippen LogP contribution < -0.4 is 5.32 Å². The Morgan fingerprint density at radius 1 is 1.04 bits per heavy atom. The van der Waals surface area contributed by atoms with Gasteiger partial charge in [-0.1, -0.05) is 73.6 Å². The number of hydrogen-bond donors (Lipinski definition) is 1. The molecular weight excluding hydrogens is 320 g/mol. The van der Waals surface area contributed by atoms with Gasteiger partial charge < -0.3 is 10.1 Å². The van der Waals surface area contributed by atoms with Crippen molar-refractivity contribution in [2.45, 2.75) is 73.3 Å². The Balaban J connectivity index is 2.40. The van der Waals surface area contributed by atoms with Gasteiger partial charge in [0.25, 0.3) is 0 Å². The van der Waals surface area contributed by atoms with Crippen molar-refractivity contribution in [1.82, 2.24) is 0 Å². The van der Waals surface area contributed by atoms with Crippen LogP contribution in [0.25, 0.3) is 0 Å². The van der Waals surface area contributed by atoms with Gasteiger partial charge in [-0.25, -0.2) is 4.99 Å². The molecule has 0 spiro atoms. The summed E-state index contributed by atoms with van der Waals surface area (Å²) in [6, 6.07) is 6.90. The Bertz CT molecular complexity index is 643. The lowest BCUT2D eigenvalue weighted by Crippen LogP contribution is -2.13. The molecule has 1 heterocycles. The topological polar surface area (TPSA) is 33.6 Å². The molecule has 0 aliphatic carbocycles. The quantitative estimate of drug-likeness (QED) is 0.618. The molecule has 26 heavy (non-hydrogen) atoms. The number of para-hydroxylation sites is 1. The second-order valence-corrected chi connectivity index (χ2v) is 8.59. The number of nitrogens with one attached hydrogen (secondary N) is 1. The fourth-order valence-corrected chi connectivity index (χ4v) is 3.15. The summed E-state index contributed by atoms with van der Waals surface area (Å²) in [5.41, 5.74) is 5.12. The molecule has 0 bridgehead atoms. The number of anilines is 1. The molecule has 0 saturated heterocycles. The predicted octanol–water partition coefficient (Wildman–Crippen LogP) is 6.34. The van der Waals surface area contributed by atoms with Crippen LogP contribution in [0.4, 0.5) is 5.69 Å². The summed E-state index contributed by atoms with van der Waals surface area (Å²) in [5, 5.41) is 3.75. The van der Waals surface area contributed by atoms with Gasteiger partial charge in [-0.15, -0.1) is 0 Å². The normalized spacial score (nSPS) is 18.1. The molecule has 1 atom stereocenters. The van der Waals surface area contributed by atoms with E-state index in [-0.39, 0.29) is 6.04 Å². The molecule has 3 heteroatoms. The Morgan fingerprint density at radius 3 is 2.04 bits per heavy atom. The molecule has 0 fully saturated rings. The average molecular weight is 357 g/mol. The van der Waals surface area contributed by atoms with E-state index in [0.29, 0.717) is 30.3 Å². The Hall–Kier alpha value is -1.77. The lowest BCUT2D eigenvalue weighted by Gasteiger charge is -2.23. The molecule has 3 nitrogen and oxygen atoms in total. The van der Waals surface area contributed by atoms with Crippen molar-refractivity contribution in [2.24, 2.45) is 16.8 Å². The van der Waals surface area contributed by atoms with Crippen molar-refractivity contribution in [3.05, 3.63) is 41.1 Å². The largest absolute Gasteiger partial charge is 0.476 e. The number of hydrogen-bond acceptors (Lipinski definition) is 3. The van der Waals surface area contributed by atoms with Gasteiger partial charge in [0, 0.05) is 17.5 Å². The van der Waals surface area contributed by atoms with Gasteiger partial charge in [-0.3, -0.25) is 0 Å². The van der Waals surface area contributed by atoms with Crippen LogP contribution >= 0.6 is 0 Å². The first-order chi connectivity index (χ1) is 12.2. The third kappa shape index (κ3) is 4.90. The van der Waals surface area contributed by atoms with Crippen LogP contribution in [0.3, 0.4) is 0 Å². The number of nitrogens with zero attached hydrogens (tertiary/aromatic N) is 1. The Morgan fingerprint density at radius 2 is 1.62 bits per heavy atom. The first kappa shape index (κ1) is 20.5. The SMILES string of the molecule is CC(C)C(=CC1=N[C@@H](C(C)C)CO1)Nc1c(C(C)C)cccc1C(C)C. The molecular formula is C23H36N2O. The summed E-state index contributed by atoms with van der Waals surface area (Å²) in [7, 11) is 0. The molecule has 0 unspecified atom stereocenters. The zero-order valence-corrected chi connectivity index (χ0v) is 17.8. The van der Waals surface area contributed by atoms with Crippen molar-refractivity contribution < 1.29 is 4.74 Å². The molecule has 0 radical (unpaired) electrons. The molecule has 144 valence electrons. The van der Waals surface area contributed by atoms with Crippen LogP contribution in [0.2, 0.25) is 0 Å². The smallest absolute Gasteiger partial charge is 0.210 e. The maximum absolute atomic E-state index is 5.83. The van der Waals surface area contributed by atoms with Crippen LogP contribution in [0.15, 0.2) is 35.0 Å². The van der Waals surface area contributed by atoms with Gasteiger partial charge in [0.1, 0.15) is 6.61 Å². The van der Waals surface area contributed by atoms with E-state index in [1.165, 1.54) is 16.8 Å². The van der Waals surface area contributed by atoms with E-state index in [9.17, 15) is 0 Å². The third-order valence-corrected chi connectivity index (χ3v) is 5.01. The monoisotopic (exact) mass is 356 g/mol. The molecule has 0 saturated carbocycles. The zero-order valence-electron chi connectivity index (χ0n) is 17.8.